The lowest BCUT2D eigenvalue weighted by molar-refractivity contribution is -0.143. The predicted octanol–water partition coefficient (Wildman–Crippen LogP) is 1.35. The molecule has 0 radical (unpaired) electrons. The summed E-state index contributed by atoms with van der Waals surface area (Å²) >= 11 is 0. The van der Waals surface area contributed by atoms with E-state index in [1.807, 2.05) is 6.07 Å². The molecule has 1 aromatic rings. The third-order valence-electron chi connectivity index (χ3n) is 2.04. The molecule has 3 nitrogen and oxygen atoms in total. The van der Waals surface area contributed by atoms with Crippen molar-refractivity contribution in [2.75, 3.05) is 0 Å². The average molecular weight is 204 g/mol. The van der Waals surface area contributed by atoms with Gasteiger partial charge in [-0.3, -0.25) is 14.4 Å². The van der Waals surface area contributed by atoms with Gasteiger partial charge < -0.3 is 0 Å². The molecular formula is C12H12O3. The van der Waals surface area contributed by atoms with Crippen LogP contribution in [-0.4, -0.2) is 17.3 Å². The summed E-state index contributed by atoms with van der Waals surface area (Å²) in [6.45, 7) is 1.57. The summed E-state index contributed by atoms with van der Waals surface area (Å²) < 4.78 is 0. The monoisotopic (exact) mass is 204 g/mol. The fourth-order valence-corrected chi connectivity index (χ4v) is 1.18. The van der Waals surface area contributed by atoms with Crippen molar-refractivity contribution in [3.63, 3.8) is 0 Å². The third kappa shape index (κ3) is 3.13. The van der Waals surface area contributed by atoms with Crippen LogP contribution in [-0.2, 0) is 20.8 Å². The molecule has 0 saturated carbocycles. The van der Waals surface area contributed by atoms with E-state index in [0.29, 0.717) is 0 Å². The molecule has 0 saturated heterocycles. The second kappa shape index (κ2) is 5.20. The van der Waals surface area contributed by atoms with Gasteiger partial charge in [0.15, 0.2) is 0 Å². The van der Waals surface area contributed by atoms with Gasteiger partial charge in [-0.1, -0.05) is 37.3 Å². The number of rotatable bonds is 5. The highest BCUT2D eigenvalue weighted by atomic mass is 16.2. The van der Waals surface area contributed by atoms with Crippen molar-refractivity contribution in [1.82, 2.24) is 0 Å². The van der Waals surface area contributed by atoms with Crippen molar-refractivity contribution in [3.05, 3.63) is 35.9 Å². The zero-order chi connectivity index (χ0) is 11.3. The van der Waals surface area contributed by atoms with Gasteiger partial charge in [0.25, 0.3) is 5.78 Å². The van der Waals surface area contributed by atoms with E-state index in [0.717, 1.165) is 5.56 Å². The van der Waals surface area contributed by atoms with Crippen LogP contribution in [0.5, 0.6) is 0 Å². The smallest absolute Gasteiger partial charge is 0.264 e. The van der Waals surface area contributed by atoms with Gasteiger partial charge in [0.05, 0.1) is 0 Å². The Morgan fingerprint density at radius 3 is 2.13 bits per heavy atom. The molecule has 0 unspecified atom stereocenters. The van der Waals surface area contributed by atoms with Crippen LogP contribution in [0.2, 0.25) is 0 Å². The minimum Gasteiger partial charge on any atom is -0.290 e. The largest absolute Gasteiger partial charge is 0.290 e. The Morgan fingerprint density at radius 2 is 1.60 bits per heavy atom. The van der Waals surface area contributed by atoms with Gasteiger partial charge in [-0.05, 0) is 5.56 Å². The van der Waals surface area contributed by atoms with Gasteiger partial charge in [0, 0.05) is 12.8 Å². The van der Waals surface area contributed by atoms with Crippen LogP contribution >= 0.6 is 0 Å². The van der Waals surface area contributed by atoms with Crippen LogP contribution in [0.25, 0.3) is 0 Å². The van der Waals surface area contributed by atoms with Gasteiger partial charge in [0.2, 0.25) is 11.6 Å². The number of ketones is 3. The zero-order valence-corrected chi connectivity index (χ0v) is 8.53. The molecule has 3 heteroatoms. The van der Waals surface area contributed by atoms with Crippen LogP contribution in [0, 0.1) is 0 Å². The van der Waals surface area contributed by atoms with E-state index in [-0.39, 0.29) is 12.8 Å². The fraction of sp³-hybridized carbons (Fsp3) is 0.250. The van der Waals surface area contributed by atoms with Crippen LogP contribution < -0.4 is 0 Å². The molecule has 0 heterocycles. The molecule has 0 aromatic heterocycles. The highest BCUT2D eigenvalue weighted by molar-refractivity contribution is 6.64. The van der Waals surface area contributed by atoms with E-state index in [2.05, 4.69) is 0 Å². The quantitative estimate of drug-likeness (QED) is 0.537. The Kier molecular flexibility index (Phi) is 3.92. The van der Waals surface area contributed by atoms with Gasteiger partial charge >= 0.3 is 0 Å². The first-order valence-corrected chi connectivity index (χ1v) is 4.79. The molecule has 0 amide bonds. The molecule has 0 atom stereocenters. The number of Topliss-reactive ketones (excluding diaryl/α,β-unsaturated/α-hetero) is 3. The first kappa shape index (κ1) is 11.3. The molecule has 0 aliphatic rings. The second-order valence-corrected chi connectivity index (χ2v) is 3.19. The second-order valence-electron chi connectivity index (χ2n) is 3.19. The summed E-state index contributed by atoms with van der Waals surface area (Å²) in [5.74, 6) is -2.13. The summed E-state index contributed by atoms with van der Waals surface area (Å²) in [5, 5.41) is 0. The SMILES string of the molecule is CCC(=O)C(=O)C(=O)Cc1ccccc1. The van der Waals surface area contributed by atoms with Crippen LogP contribution in [0.3, 0.4) is 0 Å². The number of hydrogen-bond donors (Lipinski definition) is 0. The summed E-state index contributed by atoms with van der Waals surface area (Å²) in [6.07, 6.45) is 0.0881. The summed E-state index contributed by atoms with van der Waals surface area (Å²) in [7, 11) is 0. The topological polar surface area (TPSA) is 51.2 Å². The van der Waals surface area contributed by atoms with E-state index >= 15 is 0 Å². The molecule has 0 spiro atoms. The minimum atomic E-state index is -0.888. The molecule has 0 N–H and O–H groups in total. The molecule has 0 fully saturated rings. The van der Waals surface area contributed by atoms with Gasteiger partial charge in [-0.25, -0.2) is 0 Å². The summed E-state index contributed by atoms with van der Waals surface area (Å²) in [5.41, 5.74) is 0.750. The van der Waals surface area contributed by atoms with Crippen molar-refractivity contribution >= 4 is 17.3 Å². The van der Waals surface area contributed by atoms with Crippen molar-refractivity contribution in [2.45, 2.75) is 19.8 Å². The molecule has 1 rings (SSSR count). The van der Waals surface area contributed by atoms with E-state index in [1.165, 1.54) is 0 Å². The van der Waals surface area contributed by atoms with Crippen molar-refractivity contribution < 1.29 is 14.4 Å². The fourth-order valence-electron chi connectivity index (χ4n) is 1.18. The maximum Gasteiger partial charge on any atom is 0.264 e. The summed E-state index contributed by atoms with van der Waals surface area (Å²) in [6, 6.07) is 8.90. The highest BCUT2D eigenvalue weighted by Crippen LogP contribution is 2.01. The van der Waals surface area contributed by atoms with Crippen molar-refractivity contribution in [3.8, 4) is 0 Å². The lowest BCUT2D eigenvalue weighted by atomic mass is 10.0. The third-order valence-corrected chi connectivity index (χ3v) is 2.04. The van der Waals surface area contributed by atoms with Crippen LogP contribution in [0.1, 0.15) is 18.9 Å². The number of carbonyl (C=O) groups excluding carboxylic acids is 3. The Morgan fingerprint density at radius 1 is 1.00 bits per heavy atom. The average Bonchev–Trinajstić information content (AvgIpc) is 2.28. The molecule has 78 valence electrons. The predicted molar refractivity (Wildman–Crippen MR) is 55.5 cm³/mol. The Hall–Kier alpha value is -1.77. The van der Waals surface area contributed by atoms with Gasteiger partial charge in [0.1, 0.15) is 0 Å². The van der Waals surface area contributed by atoms with Gasteiger partial charge in [-0.15, -0.1) is 0 Å². The minimum absolute atomic E-state index is 0.00537. The van der Waals surface area contributed by atoms with E-state index in [1.54, 1.807) is 31.2 Å². The lowest BCUT2D eigenvalue weighted by Crippen LogP contribution is -2.24. The van der Waals surface area contributed by atoms with E-state index < -0.39 is 17.3 Å². The molecule has 0 bridgehead atoms. The zero-order valence-electron chi connectivity index (χ0n) is 8.53. The van der Waals surface area contributed by atoms with Crippen molar-refractivity contribution in [2.24, 2.45) is 0 Å². The van der Waals surface area contributed by atoms with Gasteiger partial charge in [-0.2, -0.15) is 0 Å². The first-order valence-electron chi connectivity index (χ1n) is 4.79. The maximum atomic E-state index is 11.3. The molecule has 0 aliphatic heterocycles. The van der Waals surface area contributed by atoms with Crippen molar-refractivity contribution in [1.29, 1.82) is 0 Å². The number of carbonyl (C=O) groups is 3. The van der Waals surface area contributed by atoms with E-state index in [9.17, 15) is 14.4 Å². The first-order chi connectivity index (χ1) is 7.15. The Bertz CT molecular complexity index is 379. The molecule has 0 aliphatic carbocycles. The van der Waals surface area contributed by atoms with E-state index in [4.69, 9.17) is 0 Å². The number of benzene rings is 1. The molecule has 1 aromatic carbocycles. The van der Waals surface area contributed by atoms with Crippen LogP contribution in [0.15, 0.2) is 30.3 Å². The van der Waals surface area contributed by atoms with Crippen LogP contribution in [0.4, 0.5) is 0 Å². The Labute approximate surface area is 88.1 Å². The molecular weight excluding hydrogens is 192 g/mol. The lowest BCUT2D eigenvalue weighted by Gasteiger charge is -1.98. The normalized spacial score (nSPS) is 9.67. The molecule has 15 heavy (non-hydrogen) atoms. The maximum absolute atomic E-state index is 11.3. The standard InChI is InChI=1S/C12H12O3/c1-2-10(13)12(15)11(14)8-9-6-4-3-5-7-9/h3-7H,2,8H2,1H3. The number of hydrogen-bond acceptors (Lipinski definition) is 3. The summed E-state index contributed by atoms with van der Waals surface area (Å²) in [4.78, 5) is 33.5. The highest BCUT2D eigenvalue weighted by Gasteiger charge is 2.20. The Balaban J connectivity index is 2.65.